The molecule has 2 aromatic carbocycles. The molecule has 3 N–H and O–H groups in total. The Morgan fingerprint density at radius 2 is 1.71 bits per heavy atom. The van der Waals surface area contributed by atoms with Crippen molar-refractivity contribution in [3.8, 4) is 5.75 Å². The number of hydrogen-bond acceptors (Lipinski definition) is 4. The van der Waals surface area contributed by atoms with Crippen LogP contribution in [0.3, 0.4) is 0 Å². The summed E-state index contributed by atoms with van der Waals surface area (Å²) in [4.78, 5) is 0. The third kappa shape index (κ3) is 4.13. The van der Waals surface area contributed by atoms with Gasteiger partial charge in [0.15, 0.2) is 0 Å². The lowest BCUT2D eigenvalue weighted by molar-refractivity contribution is 0.465. The van der Waals surface area contributed by atoms with Gasteiger partial charge in [0.25, 0.3) is 0 Å². The van der Waals surface area contributed by atoms with Crippen LogP contribution in [0, 0.1) is 6.92 Å². The van der Waals surface area contributed by atoms with Crippen LogP contribution < -0.4 is 10.0 Å². The van der Waals surface area contributed by atoms with Crippen molar-refractivity contribution in [3.05, 3.63) is 53.6 Å². The highest BCUT2D eigenvalue weighted by molar-refractivity contribution is 7.92. The molecule has 0 saturated heterocycles. The SMILES string of the molecule is Cc1cccc(CNc2ccccc2NS(C)(=O)=O)c1O. The van der Waals surface area contributed by atoms with E-state index >= 15 is 0 Å². The maximum atomic E-state index is 11.3. The standard InChI is InChI=1S/C15H18N2O3S/c1-11-6-5-7-12(15(11)18)10-16-13-8-3-4-9-14(13)17-21(2,19)20/h3-9,16-18H,10H2,1-2H3. The number of sulfonamides is 1. The minimum atomic E-state index is -3.34. The van der Waals surface area contributed by atoms with E-state index in [1.54, 1.807) is 18.2 Å². The third-order valence-electron chi connectivity index (χ3n) is 3.01. The zero-order valence-corrected chi connectivity index (χ0v) is 12.7. The molecule has 0 fully saturated rings. The predicted octanol–water partition coefficient (Wildman–Crippen LogP) is 2.68. The fourth-order valence-corrected chi connectivity index (χ4v) is 2.56. The molecule has 0 spiro atoms. The molecule has 2 aromatic rings. The second-order valence-electron chi connectivity index (χ2n) is 4.86. The Bertz CT molecular complexity index is 742. The first-order chi connectivity index (χ1) is 9.87. The second-order valence-corrected chi connectivity index (χ2v) is 6.60. The number of hydrogen-bond donors (Lipinski definition) is 3. The van der Waals surface area contributed by atoms with Crippen LogP contribution in [0.2, 0.25) is 0 Å². The Morgan fingerprint density at radius 3 is 2.38 bits per heavy atom. The average Bonchev–Trinajstić information content (AvgIpc) is 2.40. The highest BCUT2D eigenvalue weighted by Gasteiger charge is 2.08. The summed E-state index contributed by atoms with van der Waals surface area (Å²) in [6.07, 6.45) is 1.11. The molecule has 0 unspecified atom stereocenters. The van der Waals surface area contributed by atoms with Crippen LogP contribution >= 0.6 is 0 Å². The van der Waals surface area contributed by atoms with Crippen molar-refractivity contribution in [2.24, 2.45) is 0 Å². The lowest BCUT2D eigenvalue weighted by Gasteiger charge is -2.14. The summed E-state index contributed by atoms with van der Waals surface area (Å²) < 4.78 is 25.2. The van der Waals surface area contributed by atoms with E-state index in [2.05, 4.69) is 10.0 Å². The number of rotatable bonds is 5. The van der Waals surface area contributed by atoms with Crippen molar-refractivity contribution < 1.29 is 13.5 Å². The van der Waals surface area contributed by atoms with E-state index in [4.69, 9.17) is 0 Å². The third-order valence-corrected chi connectivity index (χ3v) is 3.60. The van der Waals surface area contributed by atoms with Gasteiger partial charge in [0.2, 0.25) is 10.0 Å². The Hall–Kier alpha value is -2.21. The summed E-state index contributed by atoms with van der Waals surface area (Å²) >= 11 is 0. The van der Waals surface area contributed by atoms with Gasteiger partial charge in [-0.25, -0.2) is 8.42 Å². The van der Waals surface area contributed by atoms with Gasteiger partial charge in [-0.15, -0.1) is 0 Å². The number of anilines is 2. The molecule has 2 rings (SSSR count). The molecule has 0 aliphatic rings. The maximum Gasteiger partial charge on any atom is 0.229 e. The fraction of sp³-hybridized carbons (Fsp3) is 0.200. The van der Waals surface area contributed by atoms with E-state index in [1.807, 2.05) is 31.2 Å². The zero-order valence-electron chi connectivity index (χ0n) is 11.9. The minimum Gasteiger partial charge on any atom is -0.507 e. The molecule has 112 valence electrons. The molecule has 0 saturated carbocycles. The number of nitrogens with one attached hydrogen (secondary N) is 2. The topological polar surface area (TPSA) is 78.4 Å². The zero-order chi connectivity index (χ0) is 15.5. The van der Waals surface area contributed by atoms with Gasteiger partial charge >= 0.3 is 0 Å². The molecule has 0 aliphatic carbocycles. The molecular weight excluding hydrogens is 288 g/mol. The number of para-hydroxylation sites is 3. The molecule has 0 radical (unpaired) electrons. The van der Waals surface area contributed by atoms with E-state index < -0.39 is 10.0 Å². The lowest BCUT2D eigenvalue weighted by Crippen LogP contribution is -2.12. The van der Waals surface area contributed by atoms with Crippen LogP contribution in [0.15, 0.2) is 42.5 Å². The molecule has 0 atom stereocenters. The van der Waals surface area contributed by atoms with Gasteiger partial charge < -0.3 is 10.4 Å². The first kappa shape index (κ1) is 15.2. The number of aromatic hydroxyl groups is 1. The first-order valence-corrected chi connectivity index (χ1v) is 8.34. The average molecular weight is 306 g/mol. The maximum absolute atomic E-state index is 11.3. The Morgan fingerprint density at radius 1 is 1.05 bits per heavy atom. The molecular formula is C15H18N2O3S. The van der Waals surface area contributed by atoms with Crippen LogP contribution in [-0.4, -0.2) is 19.8 Å². The molecule has 0 bridgehead atoms. The molecule has 0 aromatic heterocycles. The normalized spacial score (nSPS) is 11.1. The highest BCUT2D eigenvalue weighted by atomic mass is 32.2. The number of aryl methyl sites for hydroxylation is 1. The van der Waals surface area contributed by atoms with E-state index in [0.717, 1.165) is 17.4 Å². The van der Waals surface area contributed by atoms with Crippen LogP contribution in [-0.2, 0) is 16.6 Å². The van der Waals surface area contributed by atoms with Crippen molar-refractivity contribution in [1.29, 1.82) is 0 Å². The summed E-state index contributed by atoms with van der Waals surface area (Å²) in [5, 5.41) is 13.1. The Kier molecular flexibility index (Phi) is 4.37. The van der Waals surface area contributed by atoms with E-state index in [0.29, 0.717) is 17.9 Å². The minimum absolute atomic E-state index is 0.249. The molecule has 0 heterocycles. The number of benzene rings is 2. The largest absolute Gasteiger partial charge is 0.507 e. The lowest BCUT2D eigenvalue weighted by atomic mass is 10.1. The quantitative estimate of drug-likeness (QED) is 0.793. The monoisotopic (exact) mass is 306 g/mol. The molecule has 0 amide bonds. The van der Waals surface area contributed by atoms with Gasteiger partial charge in [0, 0.05) is 12.1 Å². The van der Waals surface area contributed by atoms with Crippen molar-refractivity contribution in [3.63, 3.8) is 0 Å². The van der Waals surface area contributed by atoms with Crippen molar-refractivity contribution in [2.75, 3.05) is 16.3 Å². The summed E-state index contributed by atoms with van der Waals surface area (Å²) in [5.41, 5.74) is 2.69. The van der Waals surface area contributed by atoms with Crippen molar-refractivity contribution >= 4 is 21.4 Å². The van der Waals surface area contributed by atoms with Crippen LogP contribution in [0.25, 0.3) is 0 Å². The summed E-state index contributed by atoms with van der Waals surface area (Å²) in [6.45, 7) is 2.23. The predicted molar refractivity (Wildman–Crippen MR) is 85.1 cm³/mol. The molecule has 21 heavy (non-hydrogen) atoms. The van der Waals surface area contributed by atoms with Gasteiger partial charge in [0.1, 0.15) is 5.75 Å². The number of phenolic OH excluding ortho intramolecular Hbond substituents is 1. The van der Waals surface area contributed by atoms with Gasteiger partial charge in [0.05, 0.1) is 17.6 Å². The van der Waals surface area contributed by atoms with Gasteiger partial charge in [-0.1, -0.05) is 30.3 Å². The van der Waals surface area contributed by atoms with E-state index in [1.165, 1.54) is 0 Å². The van der Waals surface area contributed by atoms with E-state index in [-0.39, 0.29) is 5.75 Å². The molecule has 6 heteroatoms. The van der Waals surface area contributed by atoms with Crippen molar-refractivity contribution in [2.45, 2.75) is 13.5 Å². The molecule has 5 nitrogen and oxygen atoms in total. The summed E-state index contributed by atoms with van der Waals surface area (Å²) in [5.74, 6) is 0.249. The van der Waals surface area contributed by atoms with Crippen LogP contribution in [0.1, 0.15) is 11.1 Å². The van der Waals surface area contributed by atoms with Gasteiger partial charge in [-0.05, 0) is 24.6 Å². The van der Waals surface area contributed by atoms with Crippen LogP contribution in [0.4, 0.5) is 11.4 Å². The Balaban J connectivity index is 2.19. The van der Waals surface area contributed by atoms with Crippen LogP contribution in [0.5, 0.6) is 5.75 Å². The smallest absolute Gasteiger partial charge is 0.229 e. The van der Waals surface area contributed by atoms with Gasteiger partial charge in [-0.3, -0.25) is 4.72 Å². The first-order valence-electron chi connectivity index (χ1n) is 6.45. The fourth-order valence-electron chi connectivity index (χ4n) is 1.98. The molecule has 0 aliphatic heterocycles. The summed E-state index contributed by atoms with van der Waals surface area (Å²) in [7, 11) is -3.34. The van der Waals surface area contributed by atoms with Gasteiger partial charge in [-0.2, -0.15) is 0 Å². The number of phenols is 1. The Labute approximate surface area is 124 Å². The second kappa shape index (κ2) is 6.05. The van der Waals surface area contributed by atoms with Crippen molar-refractivity contribution in [1.82, 2.24) is 0 Å². The highest BCUT2D eigenvalue weighted by Crippen LogP contribution is 2.25. The van der Waals surface area contributed by atoms with E-state index in [9.17, 15) is 13.5 Å². The summed E-state index contributed by atoms with van der Waals surface area (Å²) in [6, 6.07) is 12.5.